The third kappa shape index (κ3) is 4.17. The van der Waals surface area contributed by atoms with Gasteiger partial charge in [-0.3, -0.25) is 4.79 Å². The highest BCUT2D eigenvalue weighted by atomic mass is 16.5. The second-order valence-electron chi connectivity index (χ2n) is 8.95. The zero-order valence-electron chi connectivity index (χ0n) is 19.3. The van der Waals surface area contributed by atoms with E-state index in [-0.39, 0.29) is 12.5 Å². The maximum absolute atomic E-state index is 13.3. The standard InChI is InChI=1S/C24H27N7O4/c32-15-16-2-6-29(7-3-16)20-12-19-21(35-24(28-19)30-8-10-34-11-9-30)13-18(20)27-23(33)17-14-26-31-5-1-4-25-22(17)31/h1,4-5,12-14,16,32H,2-3,6-11,15H2,(H,27,33). The number of hydrogen-bond acceptors (Lipinski definition) is 9. The van der Waals surface area contributed by atoms with Crippen molar-refractivity contribution in [3.63, 3.8) is 0 Å². The lowest BCUT2D eigenvalue weighted by Crippen LogP contribution is -2.36. The average Bonchev–Trinajstić information content (AvgIpc) is 3.53. The number of hydrogen-bond donors (Lipinski definition) is 2. The van der Waals surface area contributed by atoms with Gasteiger partial charge in [0, 0.05) is 51.2 Å². The molecule has 0 atom stereocenters. The predicted molar refractivity (Wildman–Crippen MR) is 130 cm³/mol. The molecule has 35 heavy (non-hydrogen) atoms. The van der Waals surface area contributed by atoms with Crippen LogP contribution in [0.25, 0.3) is 16.7 Å². The van der Waals surface area contributed by atoms with Crippen LogP contribution in [0.5, 0.6) is 0 Å². The number of amides is 1. The summed E-state index contributed by atoms with van der Waals surface area (Å²) in [6.45, 7) is 4.49. The van der Waals surface area contributed by atoms with Gasteiger partial charge in [-0.1, -0.05) is 0 Å². The first-order valence-corrected chi connectivity index (χ1v) is 11.9. The summed E-state index contributed by atoms with van der Waals surface area (Å²) < 4.78 is 13.1. The molecule has 11 heteroatoms. The van der Waals surface area contributed by atoms with E-state index in [0.717, 1.165) is 50.2 Å². The molecule has 1 aromatic carbocycles. The van der Waals surface area contributed by atoms with E-state index in [4.69, 9.17) is 14.1 Å². The largest absolute Gasteiger partial charge is 0.423 e. The van der Waals surface area contributed by atoms with Crippen LogP contribution >= 0.6 is 0 Å². The van der Waals surface area contributed by atoms with E-state index in [1.165, 1.54) is 6.20 Å². The first-order valence-electron chi connectivity index (χ1n) is 11.9. The summed E-state index contributed by atoms with van der Waals surface area (Å²) in [5, 5.41) is 16.9. The number of aliphatic hydroxyl groups excluding tert-OH is 1. The minimum atomic E-state index is -0.294. The maximum atomic E-state index is 13.3. The van der Waals surface area contributed by atoms with Crippen molar-refractivity contribution in [2.45, 2.75) is 12.8 Å². The molecule has 2 N–H and O–H groups in total. The lowest BCUT2D eigenvalue weighted by atomic mass is 9.97. The highest BCUT2D eigenvalue weighted by molar-refractivity contribution is 6.10. The number of aliphatic hydroxyl groups is 1. The number of ether oxygens (including phenoxy) is 1. The summed E-state index contributed by atoms with van der Waals surface area (Å²) >= 11 is 0. The zero-order valence-corrected chi connectivity index (χ0v) is 19.3. The van der Waals surface area contributed by atoms with E-state index in [9.17, 15) is 9.90 Å². The Morgan fingerprint density at radius 1 is 1.14 bits per heavy atom. The van der Waals surface area contributed by atoms with Crippen LogP contribution < -0.4 is 15.1 Å². The van der Waals surface area contributed by atoms with Crippen LogP contribution in [0, 0.1) is 5.92 Å². The lowest BCUT2D eigenvalue weighted by molar-refractivity contribution is 0.102. The molecule has 0 unspecified atom stereocenters. The summed E-state index contributed by atoms with van der Waals surface area (Å²) in [4.78, 5) is 26.6. The van der Waals surface area contributed by atoms with Crippen molar-refractivity contribution < 1.29 is 19.1 Å². The van der Waals surface area contributed by atoms with E-state index < -0.39 is 0 Å². The Morgan fingerprint density at radius 3 is 2.77 bits per heavy atom. The fourth-order valence-electron chi connectivity index (χ4n) is 4.74. The monoisotopic (exact) mass is 477 g/mol. The minimum absolute atomic E-state index is 0.199. The Hall–Kier alpha value is -3.70. The number of rotatable bonds is 5. The van der Waals surface area contributed by atoms with Gasteiger partial charge in [0.05, 0.1) is 30.8 Å². The van der Waals surface area contributed by atoms with Gasteiger partial charge in [0.1, 0.15) is 11.1 Å². The number of carbonyl (C=O) groups is 1. The van der Waals surface area contributed by atoms with E-state index in [2.05, 4.69) is 25.2 Å². The normalized spacial score (nSPS) is 17.4. The molecule has 1 amide bonds. The number of aromatic nitrogens is 4. The molecule has 2 saturated heterocycles. The topological polar surface area (TPSA) is 121 Å². The molecular weight excluding hydrogens is 450 g/mol. The Kier molecular flexibility index (Phi) is 5.71. The summed E-state index contributed by atoms with van der Waals surface area (Å²) in [5.41, 5.74) is 3.75. The molecule has 6 rings (SSSR count). The van der Waals surface area contributed by atoms with Gasteiger partial charge in [0.15, 0.2) is 11.2 Å². The molecule has 11 nitrogen and oxygen atoms in total. The van der Waals surface area contributed by atoms with Crippen molar-refractivity contribution in [2.24, 2.45) is 5.92 Å². The number of nitrogens with zero attached hydrogens (tertiary/aromatic N) is 6. The van der Waals surface area contributed by atoms with Crippen LogP contribution in [0.4, 0.5) is 17.4 Å². The molecule has 0 saturated carbocycles. The summed E-state index contributed by atoms with van der Waals surface area (Å²) in [6, 6.07) is 6.14. The molecular formula is C24H27N7O4. The molecule has 182 valence electrons. The second-order valence-corrected chi connectivity index (χ2v) is 8.95. The number of carbonyl (C=O) groups excluding carboxylic acids is 1. The average molecular weight is 478 g/mol. The molecule has 5 heterocycles. The summed E-state index contributed by atoms with van der Waals surface area (Å²) in [6.07, 6.45) is 6.69. The van der Waals surface area contributed by atoms with E-state index >= 15 is 0 Å². The Morgan fingerprint density at radius 2 is 1.97 bits per heavy atom. The van der Waals surface area contributed by atoms with Gasteiger partial charge in [0.25, 0.3) is 11.9 Å². The molecule has 0 radical (unpaired) electrons. The van der Waals surface area contributed by atoms with Crippen molar-refractivity contribution in [3.05, 3.63) is 42.4 Å². The number of fused-ring (bicyclic) bond motifs is 2. The molecule has 2 aliphatic heterocycles. The lowest BCUT2D eigenvalue weighted by Gasteiger charge is -2.34. The van der Waals surface area contributed by atoms with Gasteiger partial charge in [-0.15, -0.1) is 0 Å². The third-order valence-electron chi connectivity index (χ3n) is 6.76. The van der Waals surface area contributed by atoms with Crippen molar-refractivity contribution >= 4 is 40.0 Å². The number of morpholine rings is 1. The Labute approximate surface area is 201 Å². The zero-order chi connectivity index (χ0) is 23.8. The van der Waals surface area contributed by atoms with Crippen LogP contribution in [0.1, 0.15) is 23.2 Å². The molecule has 3 aromatic heterocycles. The number of nitrogens with one attached hydrogen (secondary N) is 1. The SMILES string of the molecule is O=C(Nc1cc2oc(N3CCOCC3)nc2cc1N1CCC(CO)CC1)c1cnn2cccnc12. The number of piperidine rings is 1. The molecule has 0 bridgehead atoms. The van der Waals surface area contributed by atoms with Gasteiger partial charge < -0.3 is 29.4 Å². The maximum Gasteiger partial charge on any atom is 0.298 e. The van der Waals surface area contributed by atoms with E-state index in [0.29, 0.717) is 47.6 Å². The Bertz CT molecular complexity index is 1350. The summed E-state index contributed by atoms with van der Waals surface area (Å²) in [5.74, 6) is 0.00955. The molecule has 2 aliphatic rings. The Balaban J connectivity index is 1.36. The van der Waals surface area contributed by atoms with Crippen LogP contribution in [0.15, 0.2) is 41.2 Å². The minimum Gasteiger partial charge on any atom is -0.423 e. The van der Waals surface area contributed by atoms with Gasteiger partial charge >= 0.3 is 0 Å². The second kappa shape index (κ2) is 9.16. The molecule has 0 aliphatic carbocycles. The summed E-state index contributed by atoms with van der Waals surface area (Å²) in [7, 11) is 0. The smallest absolute Gasteiger partial charge is 0.298 e. The first kappa shape index (κ1) is 21.8. The van der Waals surface area contributed by atoms with Gasteiger partial charge in [0.2, 0.25) is 0 Å². The van der Waals surface area contributed by atoms with Crippen molar-refractivity contribution in [3.8, 4) is 0 Å². The third-order valence-corrected chi connectivity index (χ3v) is 6.76. The van der Waals surface area contributed by atoms with Crippen molar-refractivity contribution in [2.75, 3.05) is 61.1 Å². The quantitative estimate of drug-likeness (QED) is 0.445. The predicted octanol–water partition coefficient (Wildman–Crippen LogP) is 2.17. The number of oxazole rings is 1. The molecule has 0 spiro atoms. The number of benzene rings is 1. The van der Waals surface area contributed by atoms with Crippen LogP contribution in [-0.4, -0.2) is 76.6 Å². The first-order chi connectivity index (χ1) is 17.2. The molecule has 4 aromatic rings. The van der Waals surface area contributed by atoms with Gasteiger partial charge in [-0.25, -0.2) is 9.50 Å². The van der Waals surface area contributed by atoms with E-state index in [1.807, 2.05) is 12.1 Å². The van der Waals surface area contributed by atoms with Gasteiger partial charge in [-0.2, -0.15) is 10.1 Å². The van der Waals surface area contributed by atoms with E-state index in [1.54, 1.807) is 23.0 Å². The number of anilines is 3. The fourth-order valence-corrected chi connectivity index (χ4v) is 4.74. The fraction of sp³-hybridized carbons (Fsp3) is 0.417. The molecule has 2 fully saturated rings. The highest BCUT2D eigenvalue weighted by Crippen LogP contribution is 2.36. The highest BCUT2D eigenvalue weighted by Gasteiger charge is 2.25. The van der Waals surface area contributed by atoms with Crippen molar-refractivity contribution in [1.29, 1.82) is 0 Å². The van der Waals surface area contributed by atoms with Crippen LogP contribution in [-0.2, 0) is 4.74 Å². The van der Waals surface area contributed by atoms with Crippen LogP contribution in [0.2, 0.25) is 0 Å². The van der Waals surface area contributed by atoms with Gasteiger partial charge in [-0.05, 0) is 30.9 Å². The van der Waals surface area contributed by atoms with Crippen LogP contribution in [0.3, 0.4) is 0 Å². The van der Waals surface area contributed by atoms with Crippen molar-refractivity contribution in [1.82, 2.24) is 19.6 Å².